The van der Waals surface area contributed by atoms with Gasteiger partial charge in [-0.25, -0.2) is 0 Å². The van der Waals surface area contributed by atoms with Crippen LogP contribution >= 0.6 is 0 Å². The zero-order valence-corrected chi connectivity index (χ0v) is 9.43. The number of aromatic amines is 1. The quantitative estimate of drug-likeness (QED) is 0.619. The normalized spacial score (nSPS) is 21.7. The van der Waals surface area contributed by atoms with Crippen molar-refractivity contribution in [3.63, 3.8) is 0 Å². The molecule has 0 spiro atoms. The predicted molar refractivity (Wildman–Crippen MR) is 56.5 cm³/mol. The van der Waals surface area contributed by atoms with Crippen LogP contribution in [0.25, 0.3) is 0 Å². The van der Waals surface area contributed by atoms with Gasteiger partial charge in [-0.2, -0.15) is 5.21 Å². The number of amides is 2. The molecule has 0 bridgehead atoms. The summed E-state index contributed by atoms with van der Waals surface area (Å²) in [5, 5.41) is 18.8. The standard InChI is InChI=1S/C9H14N6O2/c1-5(8-12-14-15-13-8)11-9(17)6-2-3-7(16)10-4-6/h5-6H,2-4H2,1H3,(H,10,16)(H,11,17)(H,12,13,14,15). The molecule has 17 heavy (non-hydrogen) atoms. The van der Waals surface area contributed by atoms with Gasteiger partial charge in [0.2, 0.25) is 11.8 Å². The SMILES string of the molecule is CC(NC(=O)C1CCC(=O)NC1)c1nn[nH]n1. The molecule has 1 aromatic rings. The molecule has 1 saturated heterocycles. The van der Waals surface area contributed by atoms with Gasteiger partial charge in [-0.05, 0) is 13.3 Å². The van der Waals surface area contributed by atoms with Crippen molar-refractivity contribution in [2.45, 2.75) is 25.8 Å². The maximum Gasteiger partial charge on any atom is 0.225 e. The second-order valence-electron chi connectivity index (χ2n) is 4.04. The Labute approximate surface area is 97.5 Å². The summed E-state index contributed by atoms with van der Waals surface area (Å²) in [4.78, 5) is 22.8. The summed E-state index contributed by atoms with van der Waals surface area (Å²) in [7, 11) is 0. The maximum absolute atomic E-state index is 11.9. The van der Waals surface area contributed by atoms with E-state index in [-0.39, 0.29) is 23.8 Å². The van der Waals surface area contributed by atoms with Crippen LogP contribution in [0.1, 0.15) is 31.6 Å². The third-order valence-electron chi connectivity index (χ3n) is 2.74. The van der Waals surface area contributed by atoms with Crippen LogP contribution in [0.2, 0.25) is 0 Å². The van der Waals surface area contributed by atoms with Gasteiger partial charge in [-0.15, -0.1) is 10.2 Å². The van der Waals surface area contributed by atoms with Gasteiger partial charge in [0, 0.05) is 13.0 Å². The highest BCUT2D eigenvalue weighted by Crippen LogP contribution is 2.13. The number of hydrogen-bond acceptors (Lipinski definition) is 5. The van der Waals surface area contributed by atoms with E-state index in [9.17, 15) is 9.59 Å². The van der Waals surface area contributed by atoms with Crippen molar-refractivity contribution < 1.29 is 9.59 Å². The summed E-state index contributed by atoms with van der Waals surface area (Å²) in [6.07, 6.45) is 0.977. The second-order valence-corrected chi connectivity index (χ2v) is 4.04. The average molecular weight is 238 g/mol. The van der Waals surface area contributed by atoms with Crippen LogP contribution < -0.4 is 10.6 Å². The number of H-pyrrole nitrogens is 1. The Morgan fingerprint density at radius 1 is 1.59 bits per heavy atom. The smallest absolute Gasteiger partial charge is 0.225 e. The lowest BCUT2D eigenvalue weighted by Crippen LogP contribution is -2.43. The minimum Gasteiger partial charge on any atom is -0.355 e. The Bertz CT molecular complexity index is 394. The number of nitrogens with zero attached hydrogens (tertiary/aromatic N) is 3. The Morgan fingerprint density at radius 2 is 2.41 bits per heavy atom. The molecule has 1 aliphatic rings. The van der Waals surface area contributed by atoms with E-state index in [4.69, 9.17) is 0 Å². The van der Waals surface area contributed by atoms with Gasteiger partial charge in [0.1, 0.15) is 0 Å². The number of nitrogens with one attached hydrogen (secondary N) is 3. The van der Waals surface area contributed by atoms with E-state index in [1.165, 1.54) is 0 Å². The molecule has 1 aromatic heterocycles. The molecule has 0 radical (unpaired) electrons. The molecule has 92 valence electrons. The maximum atomic E-state index is 11.9. The second kappa shape index (κ2) is 4.89. The van der Waals surface area contributed by atoms with E-state index in [0.29, 0.717) is 25.2 Å². The van der Waals surface area contributed by atoms with Crippen LogP contribution in [-0.2, 0) is 9.59 Å². The van der Waals surface area contributed by atoms with E-state index in [2.05, 4.69) is 31.3 Å². The molecule has 2 heterocycles. The van der Waals surface area contributed by atoms with E-state index in [1.54, 1.807) is 6.92 Å². The van der Waals surface area contributed by atoms with Crippen LogP contribution in [0.3, 0.4) is 0 Å². The molecular formula is C9H14N6O2. The van der Waals surface area contributed by atoms with Gasteiger partial charge in [0.15, 0.2) is 5.82 Å². The van der Waals surface area contributed by atoms with Crippen LogP contribution in [-0.4, -0.2) is 39.0 Å². The molecule has 0 aromatic carbocycles. The van der Waals surface area contributed by atoms with Crippen LogP contribution in [0.15, 0.2) is 0 Å². The summed E-state index contributed by atoms with van der Waals surface area (Å²) in [6, 6.07) is -0.293. The molecule has 2 rings (SSSR count). The molecule has 0 aliphatic carbocycles. The van der Waals surface area contributed by atoms with Gasteiger partial charge in [0.05, 0.1) is 12.0 Å². The van der Waals surface area contributed by atoms with Crippen molar-refractivity contribution in [3.8, 4) is 0 Å². The van der Waals surface area contributed by atoms with Gasteiger partial charge < -0.3 is 10.6 Å². The Balaban J connectivity index is 1.86. The zero-order chi connectivity index (χ0) is 12.3. The summed E-state index contributed by atoms with van der Waals surface area (Å²) in [6.45, 7) is 2.17. The van der Waals surface area contributed by atoms with E-state index in [0.717, 1.165) is 0 Å². The molecule has 2 atom stereocenters. The van der Waals surface area contributed by atoms with E-state index >= 15 is 0 Å². The highest BCUT2D eigenvalue weighted by Gasteiger charge is 2.26. The first kappa shape index (κ1) is 11.5. The van der Waals surface area contributed by atoms with Crippen LogP contribution in [0, 0.1) is 5.92 Å². The minimum absolute atomic E-state index is 0.000247. The molecule has 1 aliphatic heterocycles. The number of aromatic nitrogens is 4. The fraction of sp³-hybridized carbons (Fsp3) is 0.667. The largest absolute Gasteiger partial charge is 0.355 e. The van der Waals surface area contributed by atoms with Gasteiger partial charge in [0.25, 0.3) is 0 Å². The summed E-state index contributed by atoms with van der Waals surface area (Å²) in [5.41, 5.74) is 0. The molecule has 8 nitrogen and oxygen atoms in total. The van der Waals surface area contributed by atoms with E-state index < -0.39 is 0 Å². The monoisotopic (exact) mass is 238 g/mol. The predicted octanol–water partition coefficient (Wildman–Crippen LogP) is -1.10. The number of carbonyl (C=O) groups excluding carboxylic acids is 2. The lowest BCUT2D eigenvalue weighted by atomic mass is 9.98. The topological polar surface area (TPSA) is 113 Å². The Kier molecular flexibility index (Phi) is 3.31. The summed E-state index contributed by atoms with van der Waals surface area (Å²) in [5.74, 6) is 0.169. The fourth-order valence-electron chi connectivity index (χ4n) is 1.71. The molecule has 2 unspecified atom stereocenters. The first-order valence-electron chi connectivity index (χ1n) is 5.47. The number of hydrogen-bond donors (Lipinski definition) is 3. The summed E-state index contributed by atoms with van der Waals surface area (Å²) < 4.78 is 0. The minimum atomic E-state index is -0.293. The first-order valence-corrected chi connectivity index (χ1v) is 5.47. The molecule has 2 amide bonds. The number of rotatable bonds is 3. The van der Waals surface area contributed by atoms with Gasteiger partial charge in [-0.1, -0.05) is 5.21 Å². The molecule has 8 heteroatoms. The molecule has 3 N–H and O–H groups in total. The first-order chi connectivity index (χ1) is 8.16. The van der Waals surface area contributed by atoms with Crippen LogP contribution in [0.4, 0.5) is 0 Å². The average Bonchev–Trinajstić information content (AvgIpc) is 2.83. The van der Waals surface area contributed by atoms with Crippen molar-refractivity contribution in [2.75, 3.05) is 6.54 Å². The number of tetrazole rings is 1. The van der Waals surface area contributed by atoms with Gasteiger partial charge >= 0.3 is 0 Å². The lowest BCUT2D eigenvalue weighted by molar-refractivity contribution is -0.129. The highest BCUT2D eigenvalue weighted by atomic mass is 16.2. The third-order valence-corrected chi connectivity index (χ3v) is 2.74. The van der Waals surface area contributed by atoms with Crippen molar-refractivity contribution in [3.05, 3.63) is 5.82 Å². The highest BCUT2D eigenvalue weighted by molar-refractivity contribution is 5.83. The van der Waals surface area contributed by atoms with E-state index in [1.807, 2.05) is 0 Å². The Morgan fingerprint density at radius 3 is 3.00 bits per heavy atom. The van der Waals surface area contributed by atoms with Crippen molar-refractivity contribution in [1.29, 1.82) is 0 Å². The van der Waals surface area contributed by atoms with Crippen LogP contribution in [0.5, 0.6) is 0 Å². The Hall–Kier alpha value is -1.99. The van der Waals surface area contributed by atoms with Crippen molar-refractivity contribution in [1.82, 2.24) is 31.3 Å². The van der Waals surface area contributed by atoms with Crippen molar-refractivity contribution in [2.24, 2.45) is 5.92 Å². The molecule has 1 fully saturated rings. The molecular weight excluding hydrogens is 224 g/mol. The fourth-order valence-corrected chi connectivity index (χ4v) is 1.71. The number of piperidine rings is 1. The van der Waals surface area contributed by atoms with Crippen molar-refractivity contribution >= 4 is 11.8 Å². The van der Waals surface area contributed by atoms with Gasteiger partial charge in [-0.3, -0.25) is 9.59 Å². The molecule has 0 saturated carbocycles. The number of carbonyl (C=O) groups is 2. The summed E-state index contributed by atoms with van der Waals surface area (Å²) >= 11 is 0. The zero-order valence-electron chi connectivity index (χ0n) is 9.43. The lowest BCUT2D eigenvalue weighted by Gasteiger charge is -2.22. The third kappa shape index (κ3) is 2.77.